The van der Waals surface area contributed by atoms with Crippen LogP contribution in [0.5, 0.6) is 0 Å². The minimum absolute atomic E-state index is 0.437. The Kier molecular flexibility index (Phi) is 7.53. The number of allylic oxidation sites excluding steroid dienone is 5. The highest BCUT2D eigenvalue weighted by Gasteiger charge is 2.11. The summed E-state index contributed by atoms with van der Waals surface area (Å²) in [5.41, 5.74) is 2.75. The van der Waals surface area contributed by atoms with Crippen LogP contribution in [0.25, 0.3) is 0 Å². The van der Waals surface area contributed by atoms with Gasteiger partial charge in [0.15, 0.2) is 0 Å². The molecule has 1 heterocycles. The van der Waals surface area contributed by atoms with E-state index in [2.05, 4.69) is 30.0 Å². The predicted octanol–water partition coefficient (Wildman–Crippen LogP) is 4.52. The molecule has 104 valence electrons. The first-order valence-corrected chi connectivity index (χ1v) is 7.18. The van der Waals surface area contributed by atoms with Crippen molar-refractivity contribution in [3.63, 3.8) is 0 Å². The van der Waals surface area contributed by atoms with E-state index >= 15 is 0 Å². The zero-order valence-corrected chi connectivity index (χ0v) is 12.8. The van der Waals surface area contributed by atoms with Crippen molar-refractivity contribution in [2.24, 2.45) is 5.92 Å². The van der Waals surface area contributed by atoms with Crippen LogP contribution in [0.15, 0.2) is 47.0 Å². The number of rotatable bonds is 7. The third kappa shape index (κ3) is 5.62. The number of halogens is 2. The fourth-order valence-corrected chi connectivity index (χ4v) is 2.23. The summed E-state index contributed by atoms with van der Waals surface area (Å²) in [5.74, 6) is 0.437. The maximum absolute atomic E-state index is 5.99. The lowest BCUT2D eigenvalue weighted by Crippen LogP contribution is -2.12. The van der Waals surface area contributed by atoms with Crippen molar-refractivity contribution >= 4 is 23.2 Å². The molecule has 0 fully saturated rings. The standard InChI is InChI=1S/C14H19Cl2N3/c1-3-12(5-6-14(16)7-8-15)13(4-2)9-19-11-17-10-18-19/h5-8,10-11,13H,3-4,9H2,1-2H3/b8-7+,12-5+,14-6+. The summed E-state index contributed by atoms with van der Waals surface area (Å²) in [6, 6.07) is 0. The molecule has 0 saturated carbocycles. The summed E-state index contributed by atoms with van der Waals surface area (Å²) in [5, 5.41) is 4.78. The van der Waals surface area contributed by atoms with Crippen molar-refractivity contribution < 1.29 is 0 Å². The van der Waals surface area contributed by atoms with E-state index in [9.17, 15) is 0 Å². The molecule has 3 nitrogen and oxygen atoms in total. The van der Waals surface area contributed by atoms with Crippen molar-refractivity contribution in [2.75, 3.05) is 0 Å². The van der Waals surface area contributed by atoms with Crippen LogP contribution in [0.4, 0.5) is 0 Å². The molecule has 1 aromatic heterocycles. The van der Waals surface area contributed by atoms with Gasteiger partial charge in [0.1, 0.15) is 12.7 Å². The molecule has 0 N–H and O–H groups in total. The lowest BCUT2D eigenvalue weighted by molar-refractivity contribution is 0.450. The van der Waals surface area contributed by atoms with Crippen LogP contribution in [0.1, 0.15) is 26.7 Å². The molecule has 0 saturated heterocycles. The zero-order valence-electron chi connectivity index (χ0n) is 11.3. The molecule has 1 atom stereocenters. The minimum Gasteiger partial charge on any atom is -0.252 e. The first kappa shape index (κ1) is 16.0. The molecule has 0 bridgehead atoms. The maximum atomic E-state index is 5.99. The summed E-state index contributed by atoms with van der Waals surface area (Å²) < 4.78 is 1.86. The van der Waals surface area contributed by atoms with Crippen LogP contribution >= 0.6 is 23.2 Å². The number of aromatic nitrogens is 3. The van der Waals surface area contributed by atoms with Crippen molar-refractivity contribution in [1.82, 2.24) is 14.8 Å². The molecule has 0 aliphatic rings. The highest BCUT2D eigenvalue weighted by molar-refractivity contribution is 6.33. The van der Waals surface area contributed by atoms with E-state index in [0.29, 0.717) is 11.0 Å². The predicted molar refractivity (Wildman–Crippen MR) is 81.1 cm³/mol. The zero-order chi connectivity index (χ0) is 14.1. The van der Waals surface area contributed by atoms with Gasteiger partial charge in [-0.3, -0.25) is 4.68 Å². The quantitative estimate of drug-likeness (QED) is 0.693. The second kappa shape index (κ2) is 8.94. The van der Waals surface area contributed by atoms with Gasteiger partial charge in [0.25, 0.3) is 0 Å². The van der Waals surface area contributed by atoms with Crippen molar-refractivity contribution in [3.8, 4) is 0 Å². The summed E-state index contributed by atoms with van der Waals surface area (Å²) in [6.45, 7) is 5.16. The Morgan fingerprint density at radius 3 is 2.68 bits per heavy atom. The van der Waals surface area contributed by atoms with E-state index in [0.717, 1.165) is 19.4 Å². The SMILES string of the molecule is CC\C(=C/C=C(Cl)\C=C\Cl)C(CC)Cn1cncn1. The van der Waals surface area contributed by atoms with Gasteiger partial charge in [-0.05, 0) is 30.9 Å². The highest BCUT2D eigenvalue weighted by atomic mass is 35.5. The molecule has 19 heavy (non-hydrogen) atoms. The third-order valence-corrected chi connectivity index (χ3v) is 3.36. The fraction of sp³-hybridized carbons (Fsp3) is 0.429. The normalized spacial score (nSPS) is 15.2. The van der Waals surface area contributed by atoms with E-state index < -0.39 is 0 Å². The monoisotopic (exact) mass is 299 g/mol. The van der Waals surface area contributed by atoms with Gasteiger partial charge in [0, 0.05) is 17.1 Å². The molecule has 0 spiro atoms. The smallest absolute Gasteiger partial charge is 0.137 e. The van der Waals surface area contributed by atoms with Crippen molar-refractivity contribution in [3.05, 3.63) is 47.0 Å². The summed E-state index contributed by atoms with van der Waals surface area (Å²) >= 11 is 11.5. The molecule has 0 amide bonds. The van der Waals surface area contributed by atoms with Gasteiger partial charge >= 0.3 is 0 Å². The van der Waals surface area contributed by atoms with E-state index in [1.54, 1.807) is 18.7 Å². The molecule has 0 aliphatic heterocycles. The third-order valence-electron chi connectivity index (χ3n) is 2.98. The minimum atomic E-state index is 0.437. The summed E-state index contributed by atoms with van der Waals surface area (Å²) in [6.07, 6.45) is 11.0. The largest absolute Gasteiger partial charge is 0.252 e. The molecule has 0 aromatic carbocycles. The second-order valence-corrected chi connectivity index (χ2v) is 4.85. The molecule has 1 aromatic rings. The average molecular weight is 300 g/mol. The second-order valence-electron chi connectivity index (χ2n) is 4.16. The summed E-state index contributed by atoms with van der Waals surface area (Å²) in [4.78, 5) is 3.97. The average Bonchev–Trinajstić information content (AvgIpc) is 2.91. The Hall–Kier alpha value is -1.06. The van der Waals surface area contributed by atoms with Crippen molar-refractivity contribution in [2.45, 2.75) is 33.2 Å². The van der Waals surface area contributed by atoms with Crippen LogP contribution in [-0.2, 0) is 6.54 Å². The maximum Gasteiger partial charge on any atom is 0.137 e. The highest BCUT2D eigenvalue weighted by Crippen LogP contribution is 2.21. The Bertz CT molecular complexity index is 447. The molecule has 5 heteroatoms. The van der Waals surface area contributed by atoms with E-state index in [4.69, 9.17) is 23.2 Å². The molecular weight excluding hydrogens is 281 g/mol. The molecule has 0 radical (unpaired) electrons. The number of hydrogen-bond donors (Lipinski definition) is 0. The first-order valence-electron chi connectivity index (χ1n) is 6.36. The number of nitrogens with zero attached hydrogens (tertiary/aromatic N) is 3. The van der Waals surface area contributed by atoms with Crippen LogP contribution < -0.4 is 0 Å². The number of hydrogen-bond acceptors (Lipinski definition) is 2. The van der Waals surface area contributed by atoms with Gasteiger partial charge in [0.2, 0.25) is 0 Å². The van der Waals surface area contributed by atoms with Crippen LogP contribution in [0.3, 0.4) is 0 Å². The van der Waals surface area contributed by atoms with Gasteiger partial charge < -0.3 is 0 Å². The van der Waals surface area contributed by atoms with E-state index in [-0.39, 0.29) is 0 Å². The van der Waals surface area contributed by atoms with Crippen LogP contribution in [0.2, 0.25) is 0 Å². The lowest BCUT2D eigenvalue weighted by atomic mass is 9.93. The van der Waals surface area contributed by atoms with Gasteiger partial charge in [-0.1, -0.05) is 48.7 Å². The Morgan fingerprint density at radius 2 is 2.16 bits per heavy atom. The Labute approximate surface area is 124 Å². The fourth-order valence-electron chi connectivity index (χ4n) is 1.91. The molecular formula is C14H19Cl2N3. The van der Waals surface area contributed by atoms with Gasteiger partial charge in [-0.2, -0.15) is 5.10 Å². The van der Waals surface area contributed by atoms with E-state index in [1.165, 1.54) is 11.1 Å². The van der Waals surface area contributed by atoms with Crippen LogP contribution in [0, 0.1) is 5.92 Å². The Morgan fingerprint density at radius 1 is 1.37 bits per heavy atom. The van der Waals surface area contributed by atoms with Gasteiger partial charge in [0.05, 0.1) is 0 Å². The molecule has 1 unspecified atom stereocenters. The summed E-state index contributed by atoms with van der Waals surface area (Å²) in [7, 11) is 0. The molecule has 1 rings (SSSR count). The lowest BCUT2D eigenvalue weighted by Gasteiger charge is -2.17. The first-order chi connectivity index (χ1) is 9.21. The van der Waals surface area contributed by atoms with Crippen LogP contribution in [-0.4, -0.2) is 14.8 Å². The topological polar surface area (TPSA) is 30.7 Å². The van der Waals surface area contributed by atoms with E-state index in [1.807, 2.05) is 10.8 Å². The van der Waals surface area contributed by atoms with Crippen molar-refractivity contribution in [1.29, 1.82) is 0 Å². The molecule has 0 aliphatic carbocycles. The van der Waals surface area contributed by atoms with Gasteiger partial charge in [-0.25, -0.2) is 4.98 Å². The Balaban J connectivity index is 2.80. The van der Waals surface area contributed by atoms with Gasteiger partial charge in [-0.15, -0.1) is 0 Å².